The average molecular weight is 464 g/mol. The second-order valence-corrected chi connectivity index (χ2v) is 8.26. The molecular weight excluding hydrogens is 441 g/mol. The van der Waals surface area contributed by atoms with Crippen molar-refractivity contribution in [3.8, 4) is 5.75 Å². The van der Waals surface area contributed by atoms with E-state index in [1.54, 1.807) is 30.3 Å². The Morgan fingerprint density at radius 3 is 2.68 bits per heavy atom. The summed E-state index contributed by atoms with van der Waals surface area (Å²) in [4.78, 5) is 10.8. The van der Waals surface area contributed by atoms with Crippen molar-refractivity contribution < 1.29 is 17.9 Å². The zero-order valence-electron chi connectivity index (χ0n) is 18.5. The Kier molecular flexibility index (Phi) is 5.96. The predicted octanol–water partition coefficient (Wildman–Crippen LogP) is 5.82. The molecular formula is C26H23F3N4O. The summed E-state index contributed by atoms with van der Waals surface area (Å²) < 4.78 is 48.0. The highest BCUT2D eigenvalue weighted by Crippen LogP contribution is 2.38. The molecule has 0 radical (unpaired) electrons. The van der Waals surface area contributed by atoms with E-state index in [4.69, 9.17) is 9.72 Å². The summed E-state index contributed by atoms with van der Waals surface area (Å²) in [6, 6.07) is 15.7. The molecule has 4 aromatic rings. The fourth-order valence-corrected chi connectivity index (χ4v) is 4.36. The van der Waals surface area contributed by atoms with Gasteiger partial charge in [0.05, 0.1) is 30.9 Å². The van der Waals surface area contributed by atoms with Crippen molar-refractivity contribution in [2.75, 3.05) is 23.9 Å². The molecule has 2 atom stereocenters. The lowest BCUT2D eigenvalue weighted by Gasteiger charge is -2.26. The predicted molar refractivity (Wildman–Crippen MR) is 126 cm³/mol. The quantitative estimate of drug-likeness (QED) is 0.390. The molecule has 0 unspecified atom stereocenters. The number of fused-ring (bicyclic) bond motifs is 1. The van der Waals surface area contributed by atoms with Crippen LogP contribution in [0, 0.1) is 11.6 Å². The number of alkyl halides is 1. The van der Waals surface area contributed by atoms with Crippen LogP contribution in [0.5, 0.6) is 5.75 Å². The van der Waals surface area contributed by atoms with E-state index in [1.165, 1.54) is 0 Å². The number of methoxy groups -OCH3 is 1. The molecule has 1 N–H and O–H groups in total. The average Bonchev–Trinajstić information content (AvgIpc) is 3.25. The van der Waals surface area contributed by atoms with Crippen LogP contribution in [0.15, 0.2) is 66.9 Å². The second-order valence-electron chi connectivity index (χ2n) is 8.26. The fraction of sp³-hybridized carbons (Fsp3) is 0.231. The summed E-state index contributed by atoms with van der Waals surface area (Å²) in [6.07, 6.45) is 0.584. The molecule has 8 heteroatoms. The van der Waals surface area contributed by atoms with Gasteiger partial charge in [0, 0.05) is 24.7 Å². The van der Waals surface area contributed by atoms with Gasteiger partial charge in [-0.3, -0.25) is 4.98 Å². The first-order valence-electron chi connectivity index (χ1n) is 11.0. The van der Waals surface area contributed by atoms with E-state index in [0.29, 0.717) is 23.4 Å². The molecule has 2 aromatic heterocycles. The van der Waals surface area contributed by atoms with E-state index in [0.717, 1.165) is 35.2 Å². The van der Waals surface area contributed by atoms with Gasteiger partial charge in [0.1, 0.15) is 34.9 Å². The molecule has 3 heterocycles. The smallest absolute Gasteiger partial charge is 0.130 e. The van der Waals surface area contributed by atoms with Crippen LogP contribution in [0.2, 0.25) is 0 Å². The first-order valence-corrected chi connectivity index (χ1v) is 11.0. The SMILES string of the molecule is COc1ccc(CNc2ccnc3ccc(N4C[C@@H](F)C[C@@H]4c4cc(F)ccc4F)nc23)cc1. The standard InChI is InChI=1S/C26H23F3N4O/c1-34-19-5-2-16(3-6-19)14-31-23-10-11-30-22-8-9-25(32-26(22)23)33-15-18(28)13-24(33)20-12-17(27)4-7-21(20)29/h2-12,18,24H,13-15H2,1H3,(H,30,31)/t18-,24+/m0/s1. The summed E-state index contributed by atoms with van der Waals surface area (Å²) >= 11 is 0. The van der Waals surface area contributed by atoms with Crippen LogP contribution >= 0.6 is 0 Å². The number of ether oxygens (including phenoxy) is 1. The summed E-state index contributed by atoms with van der Waals surface area (Å²) in [5.41, 5.74) is 3.25. The Bertz CT molecular complexity index is 1320. The number of rotatable bonds is 6. The van der Waals surface area contributed by atoms with Gasteiger partial charge >= 0.3 is 0 Å². The second kappa shape index (κ2) is 9.21. The molecule has 0 spiro atoms. The molecule has 1 fully saturated rings. The Morgan fingerprint density at radius 2 is 1.88 bits per heavy atom. The molecule has 2 aromatic carbocycles. The van der Waals surface area contributed by atoms with Crippen LogP contribution in [0.1, 0.15) is 23.6 Å². The summed E-state index contributed by atoms with van der Waals surface area (Å²) in [6.45, 7) is 0.608. The Balaban J connectivity index is 1.46. The van der Waals surface area contributed by atoms with Crippen molar-refractivity contribution in [3.05, 3.63) is 89.6 Å². The first-order chi connectivity index (χ1) is 16.5. The van der Waals surface area contributed by atoms with E-state index in [1.807, 2.05) is 30.3 Å². The lowest BCUT2D eigenvalue weighted by molar-refractivity contribution is 0.355. The number of benzene rings is 2. The number of aromatic nitrogens is 2. The maximum Gasteiger partial charge on any atom is 0.130 e. The molecule has 174 valence electrons. The number of hydrogen-bond donors (Lipinski definition) is 1. The first kappa shape index (κ1) is 22.0. The number of nitrogens with zero attached hydrogens (tertiary/aromatic N) is 3. The van der Waals surface area contributed by atoms with E-state index in [2.05, 4.69) is 10.3 Å². The Hall–Kier alpha value is -3.81. The molecule has 5 nitrogen and oxygen atoms in total. The molecule has 0 amide bonds. The van der Waals surface area contributed by atoms with E-state index in [9.17, 15) is 13.2 Å². The largest absolute Gasteiger partial charge is 0.497 e. The number of hydrogen-bond acceptors (Lipinski definition) is 5. The van der Waals surface area contributed by atoms with Crippen molar-refractivity contribution >= 4 is 22.5 Å². The van der Waals surface area contributed by atoms with Gasteiger partial charge in [-0.05, 0) is 54.1 Å². The monoisotopic (exact) mass is 464 g/mol. The van der Waals surface area contributed by atoms with Gasteiger partial charge in [0.15, 0.2) is 0 Å². The van der Waals surface area contributed by atoms with Gasteiger partial charge in [-0.2, -0.15) is 0 Å². The minimum atomic E-state index is -1.17. The molecule has 1 aliphatic heterocycles. The third-order valence-electron chi connectivity index (χ3n) is 6.07. The van der Waals surface area contributed by atoms with E-state index in [-0.39, 0.29) is 18.5 Å². The van der Waals surface area contributed by atoms with Gasteiger partial charge in [-0.15, -0.1) is 0 Å². The molecule has 1 saturated heterocycles. The highest BCUT2D eigenvalue weighted by atomic mass is 19.1. The summed E-state index contributed by atoms with van der Waals surface area (Å²) in [5, 5.41) is 3.38. The van der Waals surface area contributed by atoms with Gasteiger partial charge in [-0.25, -0.2) is 18.2 Å². The van der Waals surface area contributed by atoms with E-state index >= 15 is 0 Å². The lowest BCUT2D eigenvalue weighted by atomic mass is 10.0. The molecule has 0 bridgehead atoms. The molecule has 34 heavy (non-hydrogen) atoms. The van der Waals surface area contributed by atoms with E-state index < -0.39 is 23.8 Å². The molecule has 5 rings (SSSR count). The van der Waals surface area contributed by atoms with Crippen LogP contribution in [0.3, 0.4) is 0 Å². The minimum absolute atomic E-state index is 0.0496. The Morgan fingerprint density at radius 1 is 1.06 bits per heavy atom. The van der Waals surface area contributed by atoms with Crippen molar-refractivity contribution in [3.63, 3.8) is 0 Å². The van der Waals surface area contributed by atoms with Crippen LogP contribution in [-0.2, 0) is 6.54 Å². The van der Waals surface area contributed by atoms with Crippen molar-refractivity contribution in [2.45, 2.75) is 25.2 Å². The number of pyridine rings is 2. The number of halogens is 3. The summed E-state index contributed by atoms with van der Waals surface area (Å²) in [7, 11) is 1.62. The fourth-order valence-electron chi connectivity index (χ4n) is 4.36. The Labute approximate surface area is 195 Å². The normalized spacial score (nSPS) is 17.8. The van der Waals surface area contributed by atoms with Gasteiger partial charge in [-0.1, -0.05) is 12.1 Å². The number of anilines is 2. The molecule has 0 saturated carbocycles. The van der Waals surface area contributed by atoms with Crippen LogP contribution in [0.4, 0.5) is 24.7 Å². The van der Waals surface area contributed by atoms with Crippen LogP contribution in [-0.4, -0.2) is 29.8 Å². The molecule has 1 aliphatic rings. The maximum absolute atomic E-state index is 14.5. The third kappa shape index (κ3) is 4.35. The lowest BCUT2D eigenvalue weighted by Crippen LogP contribution is -2.25. The van der Waals surface area contributed by atoms with Gasteiger partial charge in [0.2, 0.25) is 0 Å². The molecule has 0 aliphatic carbocycles. The van der Waals surface area contributed by atoms with Crippen molar-refractivity contribution in [1.29, 1.82) is 0 Å². The highest BCUT2D eigenvalue weighted by Gasteiger charge is 2.36. The maximum atomic E-state index is 14.5. The summed E-state index contributed by atoms with van der Waals surface area (Å²) in [5.74, 6) is 0.154. The topological polar surface area (TPSA) is 50.3 Å². The van der Waals surface area contributed by atoms with Crippen molar-refractivity contribution in [1.82, 2.24) is 9.97 Å². The number of nitrogens with one attached hydrogen (secondary N) is 1. The van der Waals surface area contributed by atoms with Gasteiger partial charge < -0.3 is 15.0 Å². The zero-order chi connectivity index (χ0) is 23.7. The van der Waals surface area contributed by atoms with Gasteiger partial charge in [0.25, 0.3) is 0 Å². The van der Waals surface area contributed by atoms with Crippen molar-refractivity contribution in [2.24, 2.45) is 0 Å². The minimum Gasteiger partial charge on any atom is -0.497 e. The highest BCUT2D eigenvalue weighted by molar-refractivity contribution is 5.88. The third-order valence-corrected chi connectivity index (χ3v) is 6.07. The zero-order valence-corrected chi connectivity index (χ0v) is 18.5. The van der Waals surface area contributed by atoms with Crippen LogP contribution < -0.4 is 15.0 Å². The van der Waals surface area contributed by atoms with Crippen LogP contribution in [0.25, 0.3) is 11.0 Å².